The quantitative estimate of drug-likeness (QED) is 0.654. The van der Waals surface area contributed by atoms with E-state index in [0.717, 1.165) is 0 Å². The van der Waals surface area contributed by atoms with Crippen LogP contribution in [0.25, 0.3) is 0 Å². The molecule has 1 unspecified atom stereocenters. The van der Waals surface area contributed by atoms with Crippen molar-refractivity contribution in [3.05, 3.63) is 11.3 Å². The zero-order valence-electron chi connectivity index (χ0n) is 9.13. The van der Waals surface area contributed by atoms with Crippen LogP contribution in [-0.2, 0) is 4.79 Å². The summed E-state index contributed by atoms with van der Waals surface area (Å²) in [7, 11) is 0. The second-order valence-electron chi connectivity index (χ2n) is 3.85. The molecular formula is C10H16N2O3. The normalized spacial score (nSPS) is 21.3. The Morgan fingerprint density at radius 2 is 2.13 bits per heavy atom. The number of nitrogens with one attached hydrogen (secondary N) is 2. The van der Waals surface area contributed by atoms with Gasteiger partial charge in [0, 0.05) is 5.70 Å². The van der Waals surface area contributed by atoms with Gasteiger partial charge in [0.1, 0.15) is 0 Å². The highest BCUT2D eigenvalue weighted by Crippen LogP contribution is 2.20. The average Bonchev–Trinajstić information content (AvgIpc) is 2.15. The third-order valence-corrected chi connectivity index (χ3v) is 2.41. The van der Waals surface area contributed by atoms with E-state index >= 15 is 0 Å². The van der Waals surface area contributed by atoms with Crippen molar-refractivity contribution in [3.8, 4) is 0 Å². The minimum atomic E-state index is -0.974. The largest absolute Gasteiger partial charge is 0.478 e. The lowest BCUT2D eigenvalue weighted by atomic mass is 9.95. The molecule has 1 aliphatic rings. The molecule has 0 aliphatic carbocycles. The van der Waals surface area contributed by atoms with Gasteiger partial charge < -0.3 is 15.7 Å². The number of carboxylic acids is 1. The summed E-state index contributed by atoms with van der Waals surface area (Å²) >= 11 is 0. The van der Waals surface area contributed by atoms with Crippen molar-refractivity contribution in [2.45, 2.75) is 33.2 Å². The Labute approximate surface area is 88.5 Å². The van der Waals surface area contributed by atoms with Gasteiger partial charge in [-0.1, -0.05) is 20.8 Å². The molecule has 0 saturated carbocycles. The molecule has 0 saturated heterocycles. The van der Waals surface area contributed by atoms with E-state index in [2.05, 4.69) is 10.6 Å². The molecule has 0 aromatic rings. The summed E-state index contributed by atoms with van der Waals surface area (Å²) in [6, 6.07) is -0.718. The van der Waals surface area contributed by atoms with Gasteiger partial charge in [0.15, 0.2) is 0 Å². The fourth-order valence-corrected chi connectivity index (χ4v) is 1.67. The molecule has 1 rings (SSSR count). The molecule has 5 heteroatoms. The lowest BCUT2D eigenvalue weighted by molar-refractivity contribution is -0.133. The highest BCUT2D eigenvalue weighted by atomic mass is 16.4. The molecule has 15 heavy (non-hydrogen) atoms. The predicted molar refractivity (Wildman–Crippen MR) is 55.2 cm³/mol. The number of carbonyl (C=O) groups excluding carboxylic acids is 1. The van der Waals surface area contributed by atoms with E-state index in [1.165, 1.54) is 0 Å². The zero-order valence-corrected chi connectivity index (χ0v) is 9.13. The highest BCUT2D eigenvalue weighted by Gasteiger charge is 2.31. The van der Waals surface area contributed by atoms with E-state index in [0.29, 0.717) is 12.1 Å². The van der Waals surface area contributed by atoms with Crippen LogP contribution >= 0.6 is 0 Å². The summed E-state index contributed by atoms with van der Waals surface area (Å²) in [6.45, 7) is 5.56. The van der Waals surface area contributed by atoms with Crippen LogP contribution in [-0.4, -0.2) is 23.1 Å². The Morgan fingerprint density at radius 3 is 2.53 bits per heavy atom. The number of carbonyl (C=O) groups is 2. The number of hydrogen-bond donors (Lipinski definition) is 3. The number of allylic oxidation sites excluding steroid dienone is 1. The van der Waals surface area contributed by atoms with Gasteiger partial charge >= 0.3 is 12.0 Å². The van der Waals surface area contributed by atoms with E-state index in [1.807, 2.05) is 20.8 Å². The van der Waals surface area contributed by atoms with Crippen molar-refractivity contribution in [3.63, 3.8) is 0 Å². The number of amides is 2. The van der Waals surface area contributed by atoms with Crippen molar-refractivity contribution in [1.29, 1.82) is 0 Å². The van der Waals surface area contributed by atoms with Crippen molar-refractivity contribution < 1.29 is 14.7 Å². The number of carboxylic acid groups (broad SMARTS) is 1. The second-order valence-corrected chi connectivity index (χ2v) is 3.85. The van der Waals surface area contributed by atoms with Crippen molar-refractivity contribution in [1.82, 2.24) is 10.6 Å². The molecular weight excluding hydrogens is 196 g/mol. The summed E-state index contributed by atoms with van der Waals surface area (Å²) in [4.78, 5) is 22.4. The van der Waals surface area contributed by atoms with Crippen molar-refractivity contribution in [2.75, 3.05) is 0 Å². The second kappa shape index (κ2) is 4.33. The van der Waals surface area contributed by atoms with Gasteiger partial charge in [0.2, 0.25) is 0 Å². The Kier molecular flexibility index (Phi) is 3.34. The standard InChI is InChI=1S/C10H16N2O3/c1-4-6-7(9(13)14)8(5(2)3)12-10(15)11-6/h5-6H,4H2,1-3H3,(H,13,14)(H2,11,12,15). The molecule has 0 fully saturated rings. The molecule has 2 amide bonds. The van der Waals surface area contributed by atoms with Gasteiger partial charge in [-0.3, -0.25) is 0 Å². The van der Waals surface area contributed by atoms with Gasteiger partial charge in [-0.15, -0.1) is 0 Å². The Balaban J connectivity index is 3.17. The minimum Gasteiger partial charge on any atom is -0.478 e. The van der Waals surface area contributed by atoms with Crippen LogP contribution in [0.15, 0.2) is 11.3 Å². The Hall–Kier alpha value is -1.52. The summed E-state index contributed by atoms with van der Waals surface area (Å²) in [6.07, 6.45) is 0.575. The van der Waals surface area contributed by atoms with Gasteiger partial charge in [0.05, 0.1) is 11.6 Å². The topological polar surface area (TPSA) is 78.4 Å². The molecule has 1 aliphatic heterocycles. The molecule has 1 atom stereocenters. The van der Waals surface area contributed by atoms with Crippen molar-refractivity contribution in [2.24, 2.45) is 5.92 Å². The first kappa shape index (κ1) is 11.6. The zero-order chi connectivity index (χ0) is 11.6. The smallest absolute Gasteiger partial charge is 0.335 e. The van der Waals surface area contributed by atoms with E-state index in [9.17, 15) is 9.59 Å². The molecule has 5 nitrogen and oxygen atoms in total. The molecule has 0 aromatic carbocycles. The monoisotopic (exact) mass is 212 g/mol. The van der Waals surface area contributed by atoms with E-state index in [-0.39, 0.29) is 17.5 Å². The van der Waals surface area contributed by atoms with Crippen LogP contribution in [0, 0.1) is 5.92 Å². The summed E-state index contributed by atoms with van der Waals surface area (Å²) in [5.74, 6) is -0.978. The average molecular weight is 212 g/mol. The summed E-state index contributed by atoms with van der Waals surface area (Å²) in [5, 5.41) is 14.3. The molecule has 0 bridgehead atoms. The van der Waals surface area contributed by atoms with Crippen LogP contribution < -0.4 is 10.6 Å². The van der Waals surface area contributed by atoms with Gasteiger partial charge in [-0.2, -0.15) is 0 Å². The van der Waals surface area contributed by atoms with Gasteiger partial charge in [0.25, 0.3) is 0 Å². The maximum absolute atomic E-state index is 11.3. The first-order valence-corrected chi connectivity index (χ1v) is 5.02. The maximum atomic E-state index is 11.3. The Morgan fingerprint density at radius 1 is 1.53 bits per heavy atom. The maximum Gasteiger partial charge on any atom is 0.335 e. The van der Waals surface area contributed by atoms with Crippen LogP contribution in [0.5, 0.6) is 0 Å². The third kappa shape index (κ3) is 2.29. The molecule has 1 heterocycles. The lowest BCUT2D eigenvalue weighted by Crippen LogP contribution is -2.50. The SMILES string of the molecule is CCC1NC(=O)NC(C(C)C)=C1C(=O)O. The van der Waals surface area contributed by atoms with Crippen LogP contribution in [0.2, 0.25) is 0 Å². The van der Waals surface area contributed by atoms with Crippen molar-refractivity contribution >= 4 is 12.0 Å². The first-order chi connectivity index (χ1) is 6.97. The van der Waals surface area contributed by atoms with Crippen LogP contribution in [0.3, 0.4) is 0 Å². The van der Waals surface area contributed by atoms with E-state index in [1.54, 1.807) is 0 Å². The number of rotatable bonds is 3. The van der Waals surface area contributed by atoms with E-state index in [4.69, 9.17) is 5.11 Å². The molecule has 3 N–H and O–H groups in total. The molecule has 0 spiro atoms. The molecule has 0 radical (unpaired) electrons. The minimum absolute atomic E-state index is 0.00352. The van der Waals surface area contributed by atoms with Gasteiger partial charge in [-0.25, -0.2) is 9.59 Å². The number of urea groups is 1. The fraction of sp³-hybridized carbons (Fsp3) is 0.600. The Bertz CT molecular complexity index is 321. The van der Waals surface area contributed by atoms with Gasteiger partial charge in [-0.05, 0) is 12.3 Å². The number of aliphatic carboxylic acids is 1. The summed E-state index contributed by atoms with van der Waals surface area (Å²) in [5.41, 5.74) is 0.783. The molecule has 0 aromatic heterocycles. The lowest BCUT2D eigenvalue weighted by Gasteiger charge is -2.29. The third-order valence-electron chi connectivity index (χ3n) is 2.41. The van der Waals surface area contributed by atoms with E-state index < -0.39 is 12.0 Å². The number of hydrogen-bond acceptors (Lipinski definition) is 2. The predicted octanol–water partition coefficient (Wildman–Crippen LogP) is 1.07. The molecule has 84 valence electrons. The highest BCUT2D eigenvalue weighted by molar-refractivity contribution is 5.93. The van der Waals surface area contributed by atoms with Crippen LogP contribution in [0.4, 0.5) is 4.79 Å². The fourth-order valence-electron chi connectivity index (χ4n) is 1.67. The first-order valence-electron chi connectivity index (χ1n) is 5.02. The van der Waals surface area contributed by atoms with Crippen LogP contribution in [0.1, 0.15) is 27.2 Å². The summed E-state index contributed by atoms with van der Waals surface area (Å²) < 4.78 is 0.